The van der Waals surface area contributed by atoms with Gasteiger partial charge in [-0.25, -0.2) is 4.98 Å². The van der Waals surface area contributed by atoms with Crippen molar-refractivity contribution in [2.24, 2.45) is 23.7 Å². The number of rotatable bonds is 33. The fourth-order valence-corrected chi connectivity index (χ4v) is 10.1. The second-order valence-corrected chi connectivity index (χ2v) is 20.5. The molecular weight excluding hydrogens is 945 g/mol. The lowest BCUT2D eigenvalue weighted by atomic mass is 9.82. The first-order valence-electron chi connectivity index (χ1n) is 25.3. The summed E-state index contributed by atoms with van der Waals surface area (Å²) in [7, 11) is 4.83. The summed E-state index contributed by atoms with van der Waals surface area (Å²) in [5.74, 6) is -3.62. The molecule has 2 N–H and O–H groups in total. The normalized spacial score (nSPS) is 17.9. The van der Waals surface area contributed by atoms with E-state index in [-0.39, 0.29) is 131 Å². The fourth-order valence-electron chi connectivity index (χ4n) is 9.39. The summed E-state index contributed by atoms with van der Waals surface area (Å²) in [6.45, 7) is 14.9. The quantitative estimate of drug-likeness (QED) is 0.0717. The van der Waals surface area contributed by atoms with Crippen LogP contribution in [-0.2, 0) is 63.7 Å². The Morgan fingerprint density at radius 3 is 2.11 bits per heavy atom. The Labute approximate surface area is 430 Å². The number of methoxy groups -OCH3 is 2. The van der Waals surface area contributed by atoms with Crippen LogP contribution >= 0.6 is 11.3 Å². The summed E-state index contributed by atoms with van der Waals surface area (Å²) >= 11 is 1.49. The van der Waals surface area contributed by atoms with Crippen LogP contribution in [0, 0.1) is 23.7 Å². The van der Waals surface area contributed by atoms with E-state index in [0.717, 1.165) is 21.9 Å². The van der Waals surface area contributed by atoms with Gasteiger partial charge in [0, 0.05) is 70.3 Å². The molecule has 3 heterocycles. The van der Waals surface area contributed by atoms with Gasteiger partial charge in [0.25, 0.3) is 11.8 Å². The highest BCUT2D eigenvalue weighted by molar-refractivity contribution is 7.09. The van der Waals surface area contributed by atoms with Crippen molar-refractivity contribution in [3.05, 3.63) is 64.6 Å². The Bertz CT molecular complexity index is 2070. The van der Waals surface area contributed by atoms with E-state index in [0.29, 0.717) is 25.8 Å². The number of hydrogen-bond donors (Lipinski definition) is 2. The number of carbonyl (C=O) groups is 7. The number of imide groups is 1. The zero-order valence-electron chi connectivity index (χ0n) is 44.1. The van der Waals surface area contributed by atoms with Crippen molar-refractivity contribution < 1.29 is 57.2 Å². The second-order valence-electron chi connectivity index (χ2n) is 19.6. The molecular formula is C53H80N6O12S. The van der Waals surface area contributed by atoms with Crippen LogP contribution in [0.2, 0.25) is 0 Å². The first-order valence-corrected chi connectivity index (χ1v) is 26.2. The predicted octanol–water partition coefficient (Wildman–Crippen LogP) is 4.95. The van der Waals surface area contributed by atoms with Crippen LogP contribution in [0.15, 0.2) is 54.1 Å². The molecule has 2 aliphatic heterocycles. The molecule has 0 aliphatic carbocycles. The van der Waals surface area contributed by atoms with Crippen LogP contribution in [0.25, 0.3) is 0 Å². The number of nitrogens with zero attached hydrogens (tertiary/aromatic N) is 4. The van der Waals surface area contributed by atoms with Gasteiger partial charge in [-0.05, 0) is 50.5 Å². The van der Waals surface area contributed by atoms with Gasteiger partial charge in [0.2, 0.25) is 23.6 Å². The molecule has 6 amide bonds. The molecule has 8 atom stereocenters. The number of aromatic nitrogens is 1. The molecule has 0 unspecified atom stereocenters. The van der Waals surface area contributed by atoms with Crippen molar-refractivity contribution >= 4 is 52.6 Å². The fraction of sp³-hybridized carbons (Fsp3) is 0.660. The van der Waals surface area contributed by atoms with Gasteiger partial charge >= 0.3 is 0 Å². The van der Waals surface area contributed by atoms with Crippen LogP contribution in [0.1, 0.15) is 104 Å². The standard InChI is InChI=1S/C53H80N6O12S/c1-11-36(4)48(42(67-9)34-47(64)58-23-15-18-41(58)49(68-10)37(5)50(65)55-40(51-54-22-31-72-51)32-38-16-13-12-14-17-38)57(8)52(66)39(35(2)3)33-43(60)53(6,7)56-44(61)21-25-69-27-29-71-30-28-70-26-24-59-45(62)19-20-46(59)63/h12-14,16-17,19-20,22,31,35-37,39-42,48-49H,11,15,18,21,23-30,32-34H2,1-10H3,(H,55,65)(H,56,61)/t36-,37+,39-,40-,41-,42+,48-,49+/m0/s1. The Morgan fingerprint density at radius 1 is 0.889 bits per heavy atom. The molecule has 1 saturated heterocycles. The topological polar surface area (TPSA) is 212 Å². The van der Waals surface area contributed by atoms with E-state index in [9.17, 15) is 33.6 Å². The number of nitrogens with one attached hydrogen (secondary N) is 2. The van der Waals surface area contributed by atoms with Gasteiger partial charge in [0.05, 0.1) is 94.4 Å². The van der Waals surface area contributed by atoms with Crippen molar-refractivity contribution in [3.8, 4) is 0 Å². The molecule has 0 bridgehead atoms. The molecule has 0 saturated carbocycles. The van der Waals surface area contributed by atoms with E-state index in [4.69, 9.17) is 23.7 Å². The molecule has 400 valence electrons. The molecule has 4 rings (SSSR count). The minimum atomic E-state index is -1.27. The zero-order chi connectivity index (χ0) is 53.0. The molecule has 19 heteroatoms. The van der Waals surface area contributed by atoms with Crippen molar-refractivity contribution in [2.45, 2.75) is 129 Å². The molecule has 72 heavy (non-hydrogen) atoms. The van der Waals surface area contributed by atoms with Crippen LogP contribution in [0.4, 0.5) is 0 Å². The van der Waals surface area contributed by atoms with E-state index >= 15 is 0 Å². The molecule has 0 spiro atoms. The summed E-state index contributed by atoms with van der Waals surface area (Å²) in [6.07, 6.45) is 5.46. The molecule has 2 aliphatic rings. The maximum atomic E-state index is 14.6. The second kappa shape index (κ2) is 29.7. The highest BCUT2D eigenvalue weighted by atomic mass is 32.1. The number of likely N-dealkylation sites (N-methyl/N-ethyl adjacent to an activating group) is 1. The van der Waals surface area contributed by atoms with Crippen molar-refractivity contribution in [1.82, 2.24) is 30.3 Å². The summed E-state index contributed by atoms with van der Waals surface area (Å²) < 4.78 is 28.6. The maximum absolute atomic E-state index is 14.6. The Kier molecular flexibility index (Phi) is 24.6. The average Bonchev–Trinajstić information content (AvgIpc) is 4.14. The number of ketones is 1. The number of thiazole rings is 1. The summed E-state index contributed by atoms with van der Waals surface area (Å²) in [4.78, 5) is 102. The van der Waals surface area contributed by atoms with Gasteiger partial charge in [-0.1, -0.05) is 71.4 Å². The lowest BCUT2D eigenvalue weighted by Crippen LogP contribution is -2.55. The smallest absolute Gasteiger partial charge is 0.253 e. The van der Waals surface area contributed by atoms with Gasteiger partial charge in [-0.15, -0.1) is 11.3 Å². The summed E-state index contributed by atoms with van der Waals surface area (Å²) in [5.41, 5.74) is -0.203. The largest absolute Gasteiger partial charge is 0.379 e. The first-order chi connectivity index (χ1) is 34.3. The first kappa shape index (κ1) is 59.6. The van der Waals surface area contributed by atoms with E-state index in [1.807, 2.05) is 75.2 Å². The molecule has 18 nitrogen and oxygen atoms in total. The summed E-state index contributed by atoms with van der Waals surface area (Å²) in [6, 6.07) is 8.73. The number of amides is 6. The van der Waals surface area contributed by atoms with Gasteiger partial charge < -0.3 is 44.1 Å². The Hall–Kier alpha value is -4.92. The predicted molar refractivity (Wildman–Crippen MR) is 272 cm³/mol. The lowest BCUT2D eigenvalue weighted by molar-refractivity contribution is -0.149. The van der Waals surface area contributed by atoms with Crippen molar-refractivity contribution in [1.29, 1.82) is 0 Å². The average molecular weight is 1030 g/mol. The van der Waals surface area contributed by atoms with Gasteiger partial charge in [-0.2, -0.15) is 0 Å². The number of ether oxygens (including phenoxy) is 5. The van der Waals surface area contributed by atoms with Crippen LogP contribution in [-0.4, -0.2) is 165 Å². The minimum absolute atomic E-state index is 0.00771. The van der Waals surface area contributed by atoms with Crippen LogP contribution < -0.4 is 10.6 Å². The van der Waals surface area contributed by atoms with E-state index in [2.05, 4.69) is 15.6 Å². The third kappa shape index (κ3) is 17.4. The number of benzene rings is 1. The van der Waals surface area contributed by atoms with Gasteiger partial charge in [-0.3, -0.25) is 38.5 Å². The molecule has 2 aromatic rings. The lowest BCUT2D eigenvalue weighted by Gasteiger charge is -2.41. The van der Waals surface area contributed by atoms with Crippen LogP contribution in [0.5, 0.6) is 0 Å². The minimum Gasteiger partial charge on any atom is -0.379 e. The van der Waals surface area contributed by atoms with E-state index in [1.165, 1.54) is 23.5 Å². The van der Waals surface area contributed by atoms with Crippen LogP contribution in [0.3, 0.4) is 0 Å². The molecule has 1 aromatic carbocycles. The van der Waals surface area contributed by atoms with Crippen molar-refractivity contribution in [2.75, 3.05) is 74.0 Å². The SMILES string of the molecule is CC[C@H](C)[C@@H]([C@@H](CC(=O)N1CCC[C@H]1[C@H](OC)[C@@H](C)C(=O)N[C@@H](Cc1ccccc1)c1nccs1)OC)N(C)C(=O)[C@@H](CC(=O)C(C)(C)NC(=O)CCOCCOCCOCCN1C(=O)C=CC1=O)C(C)C. The number of carbonyl (C=O) groups excluding carboxylic acids is 7. The van der Waals surface area contributed by atoms with Gasteiger partial charge in [0.1, 0.15) is 5.01 Å². The molecule has 0 radical (unpaired) electrons. The van der Waals surface area contributed by atoms with E-state index in [1.54, 1.807) is 46.2 Å². The third-order valence-electron chi connectivity index (χ3n) is 13.9. The third-order valence-corrected chi connectivity index (χ3v) is 14.8. The highest BCUT2D eigenvalue weighted by Crippen LogP contribution is 2.32. The monoisotopic (exact) mass is 1020 g/mol. The Balaban J connectivity index is 1.29. The molecule has 1 fully saturated rings. The zero-order valence-corrected chi connectivity index (χ0v) is 44.9. The maximum Gasteiger partial charge on any atom is 0.253 e. The highest BCUT2D eigenvalue weighted by Gasteiger charge is 2.44. The number of hydrogen-bond acceptors (Lipinski definition) is 14. The molecule has 1 aromatic heterocycles. The number of Topliss-reactive ketones (excluding diaryl/α,β-unsaturated/α-hetero) is 1. The van der Waals surface area contributed by atoms with E-state index < -0.39 is 35.6 Å². The van der Waals surface area contributed by atoms with Crippen molar-refractivity contribution in [3.63, 3.8) is 0 Å². The Morgan fingerprint density at radius 2 is 1.53 bits per heavy atom. The number of likely N-dealkylation sites (tertiary alicyclic amines) is 1. The summed E-state index contributed by atoms with van der Waals surface area (Å²) in [5, 5.41) is 8.74. The van der Waals surface area contributed by atoms with Gasteiger partial charge in [0.15, 0.2) is 5.78 Å².